The first-order valence-corrected chi connectivity index (χ1v) is 7.68. The molecule has 20 heavy (non-hydrogen) atoms. The van der Waals surface area contributed by atoms with E-state index in [0.29, 0.717) is 12.0 Å². The van der Waals surface area contributed by atoms with Crippen LogP contribution in [0.3, 0.4) is 0 Å². The van der Waals surface area contributed by atoms with Crippen LogP contribution >= 0.6 is 0 Å². The van der Waals surface area contributed by atoms with Crippen molar-refractivity contribution in [2.24, 2.45) is 11.7 Å². The SMILES string of the molecule is CC(N)C1CCN(Cc2cccc3ccccc23)CC1. The van der Waals surface area contributed by atoms with Crippen LogP contribution in [0.15, 0.2) is 42.5 Å². The number of benzene rings is 2. The van der Waals surface area contributed by atoms with E-state index in [1.165, 1.54) is 42.3 Å². The maximum absolute atomic E-state index is 6.02. The number of fused-ring (bicyclic) bond motifs is 1. The molecule has 0 radical (unpaired) electrons. The van der Waals surface area contributed by atoms with Gasteiger partial charge in [0.15, 0.2) is 0 Å². The number of nitrogens with two attached hydrogens (primary N) is 1. The predicted molar refractivity (Wildman–Crippen MR) is 85.6 cm³/mol. The first-order valence-electron chi connectivity index (χ1n) is 7.68. The van der Waals surface area contributed by atoms with Gasteiger partial charge in [0, 0.05) is 12.6 Å². The van der Waals surface area contributed by atoms with Crippen LogP contribution in [0, 0.1) is 5.92 Å². The van der Waals surface area contributed by atoms with Crippen molar-refractivity contribution in [3.05, 3.63) is 48.0 Å². The lowest BCUT2D eigenvalue weighted by molar-refractivity contribution is 0.166. The van der Waals surface area contributed by atoms with Gasteiger partial charge in [-0.05, 0) is 55.1 Å². The minimum atomic E-state index is 0.342. The van der Waals surface area contributed by atoms with E-state index in [-0.39, 0.29) is 0 Å². The molecule has 3 rings (SSSR count). The van der Waals surface area contributed by atoms with Crippen LogP contribution in [-0.2, 0) is 6.54 Å². The monoisotopic (exact) mass is 268 g/mol. The van der Waals surface area contributed by atoms with Crippen LogP contribution in [0.5, 0.6) is 0 Å². The van der Waals surface area contributed by atoms with Crippen LogP contribution in [-0.4, -0.2) is 24.0 Å². The van der Waals surface area contributed by atoms with Crippen LogP contribution in [0.2, 0.25) is 0 Å². The summed E-state index contributed by atoms with van der Waals surface area (Å²) in [5.74, 6) is 0.707. The number of hydrogen-bond acceptors (Lipinski definition) is 2. The molecule has 0 aromatic heterocycles. The van der Waals surface area contributed by atoms with Crippen molar-refractivity contribution >= 4 is 10.8 Å². The fourth-order valence-electron chi connectivity index (χ4n) is 3.31. The summed E-state index contributed by atoms with van der Waals surface area (Å²) >= 11 is 0. The zero-order chi connectivity index (χ0) is 13.9. The van der Waals surface area contributed by atoms with Crippen molar-refractivity contribution in [2.45, 2.75) is 32.4 Å². The molecule has 0 spiro atoms. The summed E-state index contributed by atoms with van der Waals surface area (Å²) in [6, 6.07) is 15.7. The maximum atomic E-state index is 6.02. The molecule has 2 N–H and O–H groups in total. The van der Waals surface area contributed by atoms with Gasteiger partial charge in [-0.25, -0.2) is 0 Å². The van der Waals surface area contributed by atoms with Gasteiger partial charge in [-0.1, -0.05) is 42.5 Å². The molecule has 1 aliphatic rings. The van der Waals surface area contributed by atoms with E-state index in [4.69, 9.17) is 5.73 Å². The smallest absolute Gasteiger partial charge is 0.0239 e. The van der Waals surface area contributed by atoms with Crippen molar-refractivity contribution in [3.8, 4) is 0 Å². The Morgan fingerprint density at radius 2 is 1.80 bits per heavy atom. The Bertz CT molecular complexity index is 563. The van der Waals surface area contributed by atoms with Crippen molar-refractivity contribution in [1.82, 2.24) is 4.90 Å². The van der Waals surface area contributed by atoms with Gasteiger partial charge in [0.2, 0.25) is 0 Å². The average Bonchev–Trinajstić information content (AvgIpc) is 2.48. The molecule has 0 aliphatic carbocycles. The summed E-state index contributed by atoms with van der Waals surface area (Å²) in [6.45, 7) is 5.56. The Morgan fingerprint density at radius 3 is 2.55 bits per heavy atom. The average molecular weight is 268 g/mol. The molecular weight excluding hydrogens is 244 g/mol. The summed E-state index contributed by atoms with van der Waals surface area (Å²) in [5.41, 5.74) is 7.47. The Hall–Kier alpha value is -1.38. The van der Waals surface area contributed by atoms with Gasteiger partial charge in [0.1, 0.15) is 0 Å². The highest BCUT2D eigenvalue weighted by Crippen LogP contribution is 2.24. The molecule has 106 valence electrons. The third-order valence-electron chi connectivity index (χ3n) is 4.65. The molecule has 1 heterocycles. The molecule has 0 bridgehead atoms. The normalized spacial score (nSPS) is 19.3. The van der Waals surface area contributed by atoms with E-state index >= 15 is 0 Å². The highest BCUT2D eigenvalue weighted by Gasteiger charge is 2.21. The number of nitrogens with zero attached hydrogens (tertiary/aromatic N) is 1. The lowest BCUT2D eigenvalue weighted by Gasteiger charge is -2.33. The van der Waals surface area contributed by atoms with Crippen molar-refractivity contribution < 1.29 is 0 Å². The lowest BCUT2D eigenvalue weighted by atomic mass is 9.90. The van der Waals surface area contributed by atoms with E-state index in [9.17, 15) is 0 Å². The largest absolute Gasteiger partial charge is 0.328 e. The summed E-state index contributed by atoms with van der Waals surface area (Å²) in [5, 5.41) is 2.74. The molecule has 1 unspecified atom stereocenters. The molecular formula is C18H24N2. The standard InChI is InChI=1S/C18H24N2/c1-14(19)15-9-11-20(12-10-15)13-17-7-4-6-16-5-2-3-8-18(16)17/h2-8,14-15H,9-13,19H2,1H3. The predicted octanol–water partition coefficient (Wildman–Crippen LogP) is 3.40. The molecule has 1 fully saturated rings. The number of piperidine rings is 1. The van der Waals surface area contributed by atoms with E-state index in [1.54, 1.807) is 0 Å². The fraction of sp³-hybridized carbons (Fsp3) is 0.444. The Morgan fingerprint density at radius 1 is 1.10 bits per heavy atom. The van der Waals surface area contributed by atoms with Gasteiger partial charge in [0.25, 0.3) is 0 Å². The first-order chi connectivity index (χ1) is 9.74. The second-order valence-corrected chi connectivity index (χ2v) is 6.11. The van der Waals surface area contributed by atoms with Gasteiger partial charge in [-0.15, -0.1) is 0 Å². The molecule has 0 amide bonds. The molecule has 1 saturated heterocycles. The maximum Gasteiger partial charge on any atom is 0.0239 e. The van der Waals surface area contributed by atoms with Crippen molar-refractivity contribution in [1.29, 1.82) is 0 Å². The van der Waals surface area contributed by atoms with E-state index in [1.807, 2.05) is 0 Å². The number of rotatable bonds is 3. The molecule has 0 saturated carbocycles. The third-order valence-corrected chi connectivity index (χ3v) is 4.65. The molecule has 1 aliphatic heterocycles. The fourth-order valence-corrected chi connectivity index (χ4v) is 3.31. The Kier molecular flexibility index (Phi) is 4.04. The second-order valence-electron chi connectivity index (χ2n) is 6.11. The van der Waals surface area contributed by atoms with Crippen molar-refractivity contribution in [3.63, 3.8) is 0 Å². The Labute approximate surface area is 121 Å². The highest BCUT2D eigenvalue weighted by molar-refractivity contribution is 5.85. The first kappa shape index (κ1) is 13.6. The molecule has 1 atom stereocenters. The van der Waals surface area contributed by atoms with Gasteiger partial charge in [-0.3, -0.25) is 4.90 Å². The number of likely N-dealkylation sites (tertiary alicyclic amines) is 1. The molecule has 2 aromatic carbocycles. The minimum Gasteiger partial charge on any atom is -0.328 e. The summed E-state index contributed by atoms with van der Waals surface area (Å²) in [4.78, 5) is 2.57. The van der Waals surface area contributed by atoms with Gasteiger partial charge in [-0.2, -0.15) is 0 Å². The second kappa shape index (κ2) is 5.94. The minimum absolute atomic E-state index is 0.342. The molecule has 2 heteroatoms. The number of hydrogen-bond donors (Lipinski definition) is 1. The van der Waals surface area contributed by atoms with Gasteiger partial charge in [0.05, 0.1) is 0 Å². The third kappa shape index (κ3) is 2.87. The summed E-state index contributed by atoms with van der Waals surface area (Å²) in [6.07, 6.45) is 2.48. The van der Waals surface area contributed by atoms with Crippen molar-refractivity contribution in [2.75, 3.05) is 13.1 Å². The van der Waals surface area contributed by atoms with E-state index < -0.39 is 0 Å². The topological polar surface area (TPSA) is 29.3 Å². The summed E-state index contributed by atoms with van der Waals surface area (Å²) < 4.78 is 0. The van der Waals surface area contributed by atoms with Gasteiger partial charge < -0.3 is 5.73 Å². The zero-order valence-electron chi connectivity index (χ0n) is 12.3. The Balaban J connectivity index is 1.72. The summed E-state index contributed by atoms with van der Waals surface area (Å²) in [7, 11) is 0. The van der Waals surface area contributed by atoms with Gasteiger partial charge >= 0.3 is 0 Å². The zero-order valence-corrected chi connectivity index (χ0v) is 12.3. The van der Waals surface area contributed by atoms with Crippen LogP contribution in [0.25, 0.3) is 10.8 Å². The highest BCUT2D eigenvalue weighted by atomic mass is 15.1. The lowest BCUT2D eigenvalue weighted by Crippen LogP contribution is -2.39. The van der Waals surface area contributed by atoms with Crippen LogP contribution < -0.4 is 5.73 Å². The van der Waals surface area contributed by atoms with Crippen LogP contribution in [0.4, 0.5) is 0 Å². The van der Waals surface area contributed by atoms with E-state index in [0.717, 1.165) is 6.54 Å². The molecule has 2 nitrogen and oxygen atoms in total. The molecule has 2 aromatic rings. The van der Waals surface area contributed by atoms with Crippen LogP contribution in [0.1, 0.15) is 25.3 Å². The quantitative estimate of drug-likeness (QED) is 0.924. The van der Waals surface area contributed by atoms with E-state index in [2.05, 4.69) is 54.3 Å².